The zero-order valence-electron chi connectivity index (χ0n) is 9.32. The van der Waals surface area contributed by atoms with Crippen molar-refractivity contribution in [2.45, 2.75) is 31.8 Å². The zero-order valence-corrected chi connectivity index (χ0v) is 10.1. The maximum Gasteiger partial charge on any atom is 0.0637 e. The molecule has 0 spiro atoms. The highest BCUT2D eigenvalue weighted by Crippen LogP contribution is 2.26. The van der Waals surface area contributed by atoms with Crippen molar-refractivity contribution < 1.29 is 5.11 Å². The van der Waals surface area contributed by atoms with Crippen LogP contribution < -0.4 is 5.32 Å². The van der Waals surface area contributed by atoms with Crippen molar-refractivity contribution in [2.75, 3.05) is 11.9 Å². The second-order valence-corrected chi connectivity index (χ2v) is 4.94. The number of benzene rings is 1. The van der Waals surface area contributed by atoms with Crippen LogP contribution in [0.15, 0.2) is 24.3 Å². The molecule has 88 valence electrons. The summed E-state index contributed by atoms with van der Waals surface area (Å²) in [4.78, 5) is 0. The van der Waals surface area contributed by atoms with Gasteiger partial charge in [-0.2, -0.15) is 0 Å². The molecule has 3 heteroatoms. The smallest absolute Gasteiger partial charge is 0.0637 e. The van der Waals surface area contributed by atoms with Gasteiger partial charge in [0.1, 0.15) is 0 Å². The Bertz CT molecular complexity index is 334. The molecule has 16 heavy (non-hydrogen) atoms. The third-order valence-electron chi connectivity index (χ3n) is 3.27. The Morgan fingerprint density at radius 3 is 2.56 bits per heavy atom. The van der Waals surface area contributed by atoms with Gasteiger partial charge in [-0.05, 0) is 43.7 Å². The van der Waals surface area contributed by atoms with Crippen LogP contribution in [0.25, 0.3) is 0 Å². The minimum absolute atomic E-state index is 0.0726. The molecule has 1 aromatic rings. The molecule has 1 aliphatic carbocycles. The summed E-state index contributed by atoms with van der Waals surface area (Å²) >= 11 is 6.06. The number of rotatable bonds is 3. The molecular weight excluding hydrogens is 222 g/mol. The van der Waals surface area contributed by atoms with Crippen molar-refractivity contribution in [2.24, 2.45) is 5.92 Å². The lowest BCUT2D eigenvalue weighted by Gasteiger charge is -2.25. The first-order valence-corrected chi connectivity index (χ1v) is 6.30. The van der Waals surface area contributed by atoms with Gasteiger partial charge in [0.2, 0.25) is 0 Å². The van der Waals surface area contributed by atoms with E-state index in [1.807, 2.05) is 24.3 Å². The first-order valence-electron chi connectivity index (χ1n) is 5.92. The summed E-state index contributed by atoms with van der Waals surface area (Å²) in [5, 5.41) is 13.6. The first kappa shape index (κ1) is 11.7. The largest absolute Gasteiger partial charge is 0.393 e. The predicted octanol–water partition coefficient (Wildman–Crippen LogP) is 3.30. The zero-order chi connectivity index (χ0) is 11.4. The van der Waals surface area contributed by atoms with E-state index in [4.69, 9.17) is 11.6 Å². The minimum Gasteiger partial charge on any atom is -0.393 e. The molecule has 1 saturated carbocycles. The van der Waals surface area contributed by atoms with Crippen molar-refractivity contribution in [1.82, 2.24) is 0 Å². The van der Waals surface area contributed by atoms with Gasteiger partial charge in [-0.1, -0.05) is 23.7 Å². The van der Waals surface area contributed by atoms with Crippen LogP contribution in [0.4, 0.5) is 5.69 Å². The second kappa shape index (κ2) is 5.55. The molecule has 1 aliphatic rings. The average molecular weight is 240 g/mol. The van der Waals surface area contributed by atoms with E-state index in [2.05, 4.69) is 5.32 Å². The Hall–Kier alpha value is -0.730. The number of hydrogen-bond acceptors (Lipinski definition) is 2. The van der Waals surface area contributed by atoms with E-state index in [0.29, 0.717) is 5.92 Å². The Morgan fingerprint density at radius 1 is 1.19 bits per heavy atom. The number of aliphatic hydroxyl groups excluding tert-OH is 1. The Kier molecular flexibility index (Phi) is 4.08. The number of nitrogens with one attached hydrogen (secondary N) is 1. The summed E-state index contributed by atoms with van der Waals surface area (Å²) in [6.07, 6.45) is 4.03. The van der Waals surface area contributed by atoms with Crippen molar-refractivity contribution in [1.29, 1.82) is 0 Å². The number of para-hydroxylation sites is 1. The fourth-order valence-corrected chi connectivity index (χ4v) is 2.41. The number of anilines is 1. The quantitative estimate of drug-likeness (QED) is 0.848. The molecule has 2 nitrogen and oxygen atoms in total. The Balaban J connectivity index is 1.81. The molecule has 1 fully saturated rings. The van der Waals surface area contributed by atoms with E-state index in [0.717, 1.165) is 42.9 Å². The van der Waals surface area contributed by atoms with Crippen molar-refractivity contribution >= 4 is 17.3 Å². The first-order chi connectivity index (χ1) is 7.75. The Labute approximate surface area is 102 Å². The molecule has 2 rings (SSSR count). The fraction of sp³-hybridized carbons (Fsp3) is 0.538. The van der Waals surface area contributed by atoms with Gasteiger partial charge < -0.3 is 10.4 Å². The molecule has 1 aromatic carbocycles. The molecule has 0 amide bonds. The van der Waals surface area contributed by atoms with Crippen LogP contribution in [0.3, 0.4) is 0 Å². The van der Waals surface area contributed by atoms with E-state index < -0.39 is 0 Å². The summed E-state index contributed by atoms with van der Waals surface area (Å²) in [7, 11) is 0. The fourth-order valence-electron chi connectivity index (χ4n) is 2.21. The van der Waals surface area contributed by atoms with Crippen LogP contribution in [-0.4, -0.2) is 17.8 Å². The standard InChI is InChI=1S/C13H18ClNO/c14-12-3-1-2-4-13(12)15-9-10-5-7-11(16)8-6-10/h1-4,10-11,15-16H,5-9H2. The van der Waals surface area contributed by atoms with Gasteiger partial charge in [0, 0.05) is 6.54 Å². The van der Waals surface area contributed by atoms with Crippen molar-refractivity contribution in [3.8, 4) is 0 Å². The molecule has 0 radical (unpaired) electrons. The average Bonchev–Trinajstić information content (AvgIpc) is 2.30. The van der Waals surface area contributed by atoms with Gasteiger partial charge in [0.05, 0.1) is 16.8 Å². The minimum atomic E-state index is -0.0726. The summed E-state index contributed by atoms with van der Waals surface area (Å²) in [6, 6.07) is 7.82. The van der Waals surface area contributed by atoms with E-state index in [1.54, 1.807) is 0 Å². The predicted molar refractivity (Wildman–Crippen MR) is 67.9 cm³/mol. The molecule has 0 aromatic heterocycles. The second-order valence-electron chi connectivity index (χ2n) is 4.54. The highest BCUT2D eigenvalue weighted by molar-refractivity contribution is 6.33. The number of aliphatic hydroxyl groups is 1. The van der Waals surface area contributed by atoms with E-state index in [1.165, 1.54) is 0 Å². The molecule has 0 saturated heterocycles. The highest BCUT2D eigenvalue weighted by atomic mass is 35.5. The maximum atomic E-state index is 9.41. The van der Waals surface area contributed by atoms with Gasteiger partial charge in [0.25, 0.3) is 0 Å². The maximum absolute atomic E-state index is 9.41. The molecule has 2 N–H and O–H groups in total. The van der Waals surface area contributed by atoms with Crippen LogP contribution in [0.5, 0.6) is 0 Å². The van der Waals surface area contributed by atoms with Gasteiger partial charge in [-0.15, -0.1) is 0 Å². The monoisotopic (exact) mass is 239 g/mol. The normalized spacial score (nSPS) is 25.4. The number of hydrogen-bond donors (Lipinski definition) is 2. The molecule has 0 heterocycles. The third-order valence-corrected chi connectivity index (χ3v) is 3.60. The van der Waals surface area contributed by atoms with Crippen LogP contribution in [0, 0.1) is 5.92 Å². The lowest BCUT2D eigenvalue weighted by molar-refractivity contribution is 0.111. The van der Waals surface area contributed by atoms with Gasteiger partial charge >= 0.3 is 0 Å². The molecule has 0 unspecified atom stereocenters. The van der Waals surface area contributed by atoms with Gasteiger partial charge in [0.15, 0.2) is 0 Å². The summed E-state index contributed by atoms with van der Waals surface area (Å²) in [5.41, 5.74) is 1.01. The molecule has 0 atom stereocenters. The van der Waals surface area contributed by atoms with Crippen LogP contribution in [-0.2, 0) is 0 Å². The molecule has 0 bridgehead atoms. The van der Waals surface area contributed by atoms with Crippen molar-refractivity contribution in [3.63, 3.8) is 0 Å². The topological polar surface area (TPSA) is 32.3 Å². The van der Waals surface area contributed by atoms with Gasteiger partial charge in [-0.25, -0.2) is 0 Å². The number of halogens is 1. The van der Waals surface area contributed by atoms with Gasteiger partial charge in [-0.3, -0.25) is 0 Å². The van der Waals surface area contributed by atoms with E-state index >= 15 is 0 Å². The molecular formula is C13H18ClNO. The Morgan fingerprint density at radius 2 is 1.88 bits per heavy atom. The SMILES string of the molecule is OC1CCC(CNc2ccccc2Cl)CC1. The summed E-state index contributed by atoms with van der Waals surface area (Å²) in [6.45, 7) is 0.955. The summed E-state index contributed by atoms with van der Waals surface area (Å²) in [5.74, 6) is 0.666. The van der Waals surface area contributed by atoms with E-state index in [-0.39, 0.29) is 6.10 Å². The van der Waals surface area contributed by atoms with E-state index in [9.17, 15) is 5.11 Å². The highest BCUT2D eigenvalue weighted by Gasteiger charge is 2.18. The van der Waals surface area contributed by atoms with Crippen molar-refractivity contribution in [3.05, 3.63) is 29.3 Å². The van der Waals surface area contributed by atoms with Crippen LogP contribution in [0.2, 0.25) is 5.02 Å². The lowest BCUT2D eigenvalue weighted by atomic mass is 9.87. The summed E-state index contributed by atoms with van der Waals surface area (Å²) < 4.78 is 0. The third kappa shape index (κ3) is 3.13. The van der Waals surface area contributed by atoms with Crippen LogP contribution in [0.1, 0.15) is 25.7 Å². The van der Waals surface area contributed by atoms with Crippen LogP contribution >= 0.6 is 11.6 Å². The lowest BCUT2D eigenvalue weighted by Crippen LogP contribution is -2.23. The molecule has 0 aliphatic heterocycles.